The van der Waals surface area contributed by atoms with Crippen molar-refractivity contribution in [2.75, 3.05) is 43.3 Å². The summed E-state index contributed by atoms with van der Waals surface area (Å²) in [5.41, 5.74) is -0.0245. The van der Waals surface area contributed by atoms with Crippen molar-refractivity contribution in [3.05, 3.63) is 60.2 Å². The Morgan fingerprint density at radius 3 is 2.15 bits per heavy atom. The SMILES string of the molecule is CS(=O)(=O)N(CCCC(=O)N1CCN(S(=O)(=O)c2ccccc2)CC1)c1ccc(F)c(F)c1. The summed E-state index contributed by atoms with van der Waals surface area (Å²) >= 11 is 0. The number of anilines is 1. The lowest BCUT2D eigenvalue weighted by Gasteiger charge is -2.34. The number of sulfonamides is 2. The van der Waals surface area contributed by atoms with Crippen LogP contribution in [0.25, 0.3) is 0 Å². The van der Waals surface area contributed by atoms with E-state index in [1.165, 1.54) is 16.4 Å². The Morgan fingerprint density at radius 1 is 0.939 bits per heavy atom. The van der Waals surface area contributed by atoms with Crippen molar-refractivity contribution < 1.29 is 30.4 Å². The Morgan fingerprint density at radius 2 is 1.58 bits per heavy atom. The predicted molar refractivity (Wildman–Crippen MR) is 120 cm³/mol. The van der Waals surface area contributed by atoms with Crippen LogP contribution in [0.5, 0.6) is 0 Å². The molecule has 0 saturated carbocycles. The summed E-state index contributed by atoms with van der Waals surface area (Å²) in [6, 6.07) is 10.9. The number of rotatable bonds is 8. The molecule has 12 heteroatoms. The molecule has 0 aromatic heterocycles. The second-order valence-electron chi connectivity index (χ2n) is 7.64. The molecule has 0 bridgehead atoms. The van der Waals surface area contributed by atoms with Crippen LogP contribution in [0.2, 0.25) is 0 Å². The molecule has 180 valence electrons. The molecule has 1 heterocycles. The van der Waals surface area contributed by atoms with Gasteiger partial charge >= 0.3 is 0 Å². The third-order valence-electron chi connectivity index (χ3n) is 5.32. The van der Waals surface area contributed by atoms with Crippen LogP contribution < -0.4 is 4.31 Å². The molecule has 8 nitrogen and oxygen atoms in total. The van der Waals surface area contributed by atoms with Crippen LogP contribution in [0.3, 0.4) is 0 Å². The standard InChI is InChI=1S/C21H25F2N3O5S2/c1-32(28,29)26(17-9-10-19(22)20(23)16-17)11-5-8-21(27)24-12-14-25(15-13-24)33(30,31)18-6-3-2-4-7-18/h2-4,6-7,9-10,16H,5,8,11-15H2,1H3. The predicted octanol–water partition coefficient (Wildman–Crippen LogP) is 2.04. The minimum Gasteiger partial charge on any atom is -0.340 e. The molecule has 0 unspecified atom stereocenters. The maximum Gasteiger partial charge on any atom is 0.243 e. The van der Waals surface area contributed by atoms with Crippen LogP contribution in [0.15, 0.2) is 53.4 Å². The maximum atomic E-state index is 13.5. The summed E-state index contributed by atoms with van der Waals surface area (Å²) in [4.78, 5) is 14.3. The molecular weight excluding hydrogens is 476 g/mol. The molecule has 1 aliphatic heterocycles. The third kappa shape index (κ3) is 6.06. The summed E-state index contributed by atoms with van der Waals surface area (Å²) in [5.74, 6) is -2.48. The quantitative estimate of drug-likeness (QED) is 0.552. The van der Waals surface area contributed by atoms with Gasteiger partial charge in [0.1, 0.15) is 0 Å². The van der Waals surface area contributed by atoms with Crippen molar-refractivity contribution in [1.29, 1.82) is 0 Å². The summed E-state index contributed by atoms with van der Waals surface area (Å²) in [6.45, 7) is 0.687. The molecule has 1 saturated heterocycles. The topological polar surface area (TPSA) is 95.1 Å². The summed E-state index contributed by atoms with van der Waals surface area (Å²) in [5, 5.41) is 0. The van der Waals surface area contributed by atoms with Gasteiger partial charge in [-0.3, -0.25) is 9.10 Å². The largest absolute Gasteiger partial charge is 0.340 e. The molecule has 0 atom stereocenters. The zero-order chi connectivity index (χ0) is 24.2. The molecule has 0 spiro atoms. The summed E-state index contributed by atoms with van der Waals surface area (Å²) in [6.07, 6.45) is 1.14. The highest BCUT2D eigenvalue weighted by molar-refractivity contribution is 7.92. The van der Waals surface area contributed by atoms with Gasteiger partial charge in [0.05, 0.1) is 16.8 Å². The first-order valence-corrected chi connectivity index (χ1v) is 13.5. The van der Waals surface area contributed by atoms with Gasteiger partial charge in [-0.2, -0.15) is 4.31 Å². The summed E-state index contributed by atoms with van der Waals surface area (Å²) in [7, 11) is -7.40. The minimum absolute atomic E-state index is 0.0245. The average molecular weight is 502 g/mol. The van der Waals surface area contributed by atoms with Crippen molar-refractivity contribution >= 4 is 31.6 Å². The zero-order valence-corrected chi connectivity index (χ0v) is 19.7. The minimum atomic E-state index is -3.77. The number of piperazine rings is 1. The van der Waals surface area contributed by atoms with Gasteiger partial charge in [0.15, 0.2) is 11.6 Å². The molecule has 1 aliphatic rings. The normalized spacial score (nSPS) is 15.4. The lowest BCUT2D eigenvalue weighted by molar-refractivity contribution is -0.132. The molecule has 33 heavy (non-hydrogen) atoms. The van der Waals surface area contributed by atoms with E-state index in [2.05, 4.69) is 0 Å². The van der Waals surface area contributed by atoms with Crippen LogP contribution in [-0.2, 0) is 24.8 Å². The Labute approximate surface area is 192 Å². The highest BCUT2D eigenvalue weighted by Crippen LogP contribution is 2.22. The number of halogens is 2. The Bertz CT molecular complexity index is 1200. The number of hydrogen-bond donors (Lipinski definition) is 0. The van der Waals surface area contributed by atoms with Gasteiger partial charge in [-0.25, -0.2) is 25.6 Å². The van der Waals surface area contributed by atoms with Crippen LogP contribution >= 0.6 is 0 Å². The molecule has 0 aliphatic carbocycles. The molecule has 2 aromatic rings. The zero-order valence-electron chi connectivity index (χ0n) is 18.0. The van der Waals surface area contributed by atoms with E-state index < -0.39 is 31.7 Å². The van der Waals surface area contributed by atoms with Crippen LogP contribution in [0.1, 0.15) is 12.8 Å². The van der Waals surface area contributed by atoms with E-state index in [1.807, 2.05) is 0 Å². The van der Waals surface area contributed by atoms with Crippen LogP contribution in [-0.4, -0.2) is 70.9 Å². The number of benzene rings is 2. The van der Waals surface area contributed by atoms with Crippen molar-refractivity contribution in [3.63, 3.8) is 0 Å². The number of carbonyl (C=O) groups is 1. The fourth-order valence-electron chi connectivity index (χ4n) is 3.58. The van der Waals surface area contributed by atoms with Gasteiger partial charge in [0.2, 0.25) is 26.0 Å². The first kappa shape index (κ1) is 25.1. The van der Waals surface area contributed by atoms with Gasteiger partial charge in [0.25, 0.3) is 0 Å². The van der Waals surface area contributed by atoms with Crippen molar-refractivity contribution in [3.8, 4) is 0 Å². The molecule has 0 N–H and O–H groups in total. The van der Waals surface area contributed by atoms with E-state index >= 15 is 0 Å². The number of nitrogens with zero attached hydrogens (tertiary/aromatic N) is 3. The van der Waals surface area contributed by atoms with E-state index in [-0.39, 0.29) is 62.1 Å². The first-order valence-electron chi connectivity index (χ1n) is 10.3. The van der Waals surface area contributed by atoms with Crippen molar-refractivity contribution in [1.82, 2.24) is 9.21 Å². The highest BCUT2D eigenvalue weighted by atomic mass is 32.2. The van der Waals surface area contributed by atoms with Crippen molar-refractivity contribution in [2.24, 2.45) is 0 Å². The third-order valence-corrected chi connectivity index (χ3v) is 8.42. The Kier molecular flexibility index (Phi) is 7.70. The Hall–Kier alpha value is -2.57. The van der Waals surface area contributed by atoms with Gasteiger partial charge in [-0.1, -0.05) is 18.2 Å². The molecule has 1 fully saturated rings. The lowest BCUT2D eigenvalue weighted by atomic mass is 10.2. The fourth-order valence-corrected chi connectivity index (χ4v) is 5.98. The lowest BCUT2D eigenvalue weighted by Crippen LogP contribution is -2.50. The van der Waals surface area contributed by atoms with Gasteiger partial charge in [0, 0.05) is 45.2 Å². The maximum absolute atomic E-state index is 13.5. The van der Waals surface area contributed by atoms with E-state index in [9.17, 15) is 30.4 Å². The second-order valence-corrected chi connectivity index (χ2v) is 11.5. The fraction of sp³-hybridized carbons (Fsp3) is 0.381. The van der Waals surface area contributed by atoms with Gasteiger partial charge in [-0.15, -0.1) is 0 Å². The number of carbonyl (C=O) groups excluding carboxylic acids is 1. The molecule has 0 radical (unpaired) electrons. The molecular formula is C21H25F2N3O5S2. The second kappa shape index (κ2) is 10.1. The molecule has 2 aromatic carbocycles. The average Bonchev–Trinajstić information content (AvgIpc) is 2.78. The first-order chi connectivity index (χ1) is 15.5. The van der Waals surface area contributed by atoms with Crippen LogP contribution in [0.4, 0.5) is 14.5 Å². The van der Waals surface area contributed by atoms with E-state index in [0.717, 1.165) is 28.8 Å². The highest BCUT2D eigenvalue weighted by Gasteiger charge is 2.30. The molecule has 1 amide bonds. The Balaban J connectivity index is 1.55. The van der Waals surface area contributed by atoms with E-state index in [1.54, 1.807) is 23.1 Å². The monoisotopic (exact) mass is 501 g/mol. The molecule has 3 rings (SSSR count). The van der Waals surface area contributed by atoms with Crippen molar-refractivity contribution in [2.45, 2.75) is 17.7 Å². The van der Waals surface area contributed by atoms with E-state index in [4.69, 9.17) is 0 Å². The number of amides is 1. The summed E-state index contributed by atoms with van der Waals surface area (Å²) < 4.78 is 78.6. The van der Waals surface area contributed by atoms with Gasteiger partial charge in [-0.05, 0) is 30.7 Å². The van der Waals surface area contributed by atoms with Crippen LogP contribution in [0, 0.1) is 11.6 Å². The van der Waals surface area contributed by atoms with Gasteiger partial charge < -0.3 is 4.90 Å². The van der Waals surface area contributed by atoms with E-state index in [0.29, 0.717) is 0 Å². The number of hydrogen-bond acceptors (Lipinski definition) is 5. The smallest absolute Gasteiger partial charge is 0.243 e.